The summed E-state index contributed by atoms with van der Waals surface area (Å²) in [5, 5.41) is 3.56. The lowest BCUT2D eigenvalue weighted by Crippen LogP contribution is -2.20. The van der Waals surface area contributed by atoms with Crippen LogP contribution in [0.5, 0.6) is 5.75 Å². The lowest BCUT2D eigenvalue weighted by molar-refractivity contribution is 0.357. The van der Waals surface area contributed by atoms with E-state index in [2.05, 4.69) is 23.5 Å². The summed E-state index contributed by atoms with van der Waals surface area (Å²) in [6.07, 6.45) is 7.80. The van der Waals surface area contributed by atoms with Gasteiger partial charge in [-0.15, -0.1) is 0 Å². The fraction of sp³-hybridized carbons (Fsp3) is 0.625. The first-order chi connectivity index (χ1) is 8.92. The molecule has 2 aliphatic rings. The summed E-state index contributed by atoms with van der Waals surface area (Å²) in [5.74, 6) is 1.98. The number of aryl methyl sites for hydroxylation is 1. The standard InChI is InChI=1S/C16H23NO/c1-2-9-17-12-14(3-1)5-4-13-6-7-16-15(11-13)8-10-18-16/h6-7,11,14,17H,1-5,8-10,12H2. The second kappa shape index (κ2) is 5.75. The molecule has 0 saturated carbocycles. The Labute approximate surface area is 110 Å². The number of nitrogens with one attached hydrogen (secondary N) is 1. The van der Waals surface area contributed by atoms with E-state index in [1.165, 1.54) is 56.3 Å². The SMILES string of the molecule is c1cc2c(cc1CCC1CCCCNC1)CCO2. The number of hydrogen-bond acceptors (Lipinski definition) is 2. The predicted molar refractivity (Wildman–Crippen MR) is 74.2 cm³/mol. The minimum absolute atomic E-state index is 0.866. The maximum Gasteiger partial charge on any atom is 0.122 e. The summed E-state index contributed by atoms with van der Waals surface area (Å²) in [7, 11) is 0. The monoisotopic (exact) mass is 245 g/mol. The highest BCUT2D eigenvalue weighted by Crippen LogP contribution is 2.27. The van der Waals surface area contributed by atoms with Crippen molar-refractivity contribution in [3.8, 4) is 5.75 Å². The van der Waals surface area contributed by atoms with Crippen LogP contribution in [0.1, 0.15) is 36.8 Å². The molecule has 0 amide bonds. The Hall–Kier alpha value is -1.02. The van der Waals surface area contributed by atoms with Crippen molar-refractivity contribution in [3.63, 3.8) is 0 Å². The van der Waals surface area contributed by atoms with Crippen molar-refractivity contribution in [1.29, 1.82) is 0 Å². The Morgan fingerprint density at radius 3 is 3.28 bits per heavy atom. The first kappa shape index (κ1) is 12.0. The average Bonchev–Trinajstić information content (AvgIpc) is 2.70. The molecular weight excluding hydrogens is 222 g/mol. The van der Waals surface area contributed by atoms with Gasteiger partial charge in [-0.3, -0.25) is 0 Å². The van der Waals surface area contributed by atoms with Gasteiger partial charge in [0.05, 0.1) is 6.61 Å². The first-order valence-corrected chi connectivity index (χ1v) is 7.37. The molecule has 0 aromatic heterocycles. The van der Waals surface area contributed by atoms with Crippen LogP contribution in [-0.4, -0.2) is 19.7 Å². The molecular formula is C16H23NO. The molecule has 0 radical (unpaired) electrons. The molecule has 3 rings (SSSR count). The number of hydrogen-bond donors (Lipinski definition) is 1. The lowest BCUT2D eigenvalue weighted by atomic mass is 9.94. The second-order valence-corrected chi connectivity index (χ2v) is 5.65. The van der Waals surface area contributed by atoms with E-state index in [-0.39, 0.29) is 0 Å². The molecule has 1 aromatic carbocycles. The van der Waals surface area contributed by atoms with Crippen LogP contribution in [0.2, 0.25) is 0 Å². The number of rotatable bonds is 3. The fourth-order valence-corrected chi connectivity index (χ4v) is 3.10. The molecule has 18 heavy (non-hydrogen) atoms. The number of ether oxygens (including phenoxy) is 1. The van der Waals surface area contributed by atoms with Gasteiger partial charge in [0, 0.05) is 6.42 Å². The normalized spacial score (nSPS) is 23.2. The average molecular weight is 245 g/mol. The molecule has 1 fully saturated rings. The Morgan fingerprint density at radius 1 is 1.28 bits per heavy atom. The van der Waals surface area contributed by atoms with Crippen molar-refractivity contribution in [3.05, 3.63) is 29.3 Å². The maximum absolute atomic E-state index is 5.55. The second-order valence-electron chi connectivity index (χ2n) is 5.65. The smallest absolute Gasteiger partial charge is 0.122 e. The third-order valence-corrected chi connectivity index (χ3v) is 4.24. The molecule has 2 heteroatoms. The zero-order chi connectivity index (χ0) is 12.2. The molecule has 0 aliphatic carbocycles. The Balaban J connectivity index is 1.56. The molecule has 1 aromatic rings. The highest BCUT2D eigenvalue weighted by molar-refractivity contribution is 5.39. The molecule has 98 valence electrons. The molecule has 0 spiro atoms. The van der Waals surface area contributed by atoms with Crippen LogP contribution in [0, 0.1) is 5.92 Å². The van der Waals surface area contributed by atoms with Gasteiger partial charge in [-0.1, -0.05) is 18.6 Å². The molecule has 2 aliphatic heterocycles. The number of fused-ring (bicyclic) bond motifs is 1. The molecule has 2 nitrogen and oxygen atoms in total. The van der Waals surface area contributed by atoms with E-state index < -0.39 is 0 Å². The third-order valence-electron chi connectivity index (χ3n) is 4.24. The summed E-state index contributed by atoms with van der Waals surface area (Å²) in [6.45, 7) is 3.30. The molecule has 1 saturated heterocycles. The van der Waals surface area contributed by atoms with E-state index in [1.807, 2.05) is 0 Å². The van der Waals surface area contributed by atoms with Gasteiger partial charge >= 0.3 is 0 Å². The molecule has 1 atom stereocenters. The highest BCUT2D eigenvalue weighted by Gasteiger charge is 2.14. The Bertz CT molecular complexity index is 394. The van der Waals surface area contributed by atoms with Gasteiger partial charge in [0.25, 0.3) is 0 Å². The van der Waals surface area contributed by atoms with E-state index >= 15 is 0 Å². The van der Waals surface area contributed by atoms with Crippen LogP contribution in [-0.2, 0) is 12.8 Å². The topological polar surface area (TPSA) is 21.3 Å². The van der Waals surface area contributed by atoms with Gasteiger partial charge in [0.1, 0.15) is 5.75 Å². The van der Waals surface area contributed by atoms with Crippen LogP contribution in [0.3, 0.4) is 0 Å². The molecule has 0 bridgehead atoms. The first-order valence-electron chi connectivity index (χ1n) is 7.37. The number of benzene rings is 1. The van der Waals surface area contributed by atoms with Crippen LogP contribution in [0.15, 0.2) is 18.2 Å². The van der Waals surface area contributed by atoms with Crippen molar-refractivity contribution in [2.75, 3.05) is 19.7 Å². The van der Waals surface area contributed by atoms with Crippen LogP contribution >= 0.6 is 0 Å². The van der Waals surface area contributed by atoms with Crippen molar-refractivity contribution in [2.45, 2.75) is 38.5 Å². The largest absolute Gasteiger partial charge is 0.493 e. The summed E-state index contributed by atoms with van der Waals surface area (Å²) in [6, 6.07) is 6.75. The van der Waals surface area contributed by atoms with Crippen LogP contribution < -0.4 is 10.1 Å². The van der Waals surface area contributed by atoms with Gasteiger partial charge < -0.3 is 10.1 Å². The van der Waals surface area contributed by atoms with Crippen molar-refractivity contribution < 1.29 is 4.74 Å². The summed E-state index contributed by atoms with van der Waals surface area (Å²) < 4.78 is 5.55. The van der Waals surface area contributed by atoms with Gasteiger partial charge in [0.2, 0.25) is 0 Å². The van der Waals surface area contributed by atoms with Gasteiger partial charge in [-0.05, 0) is 61.9 Å². The minimum Gasteiger partial charge on any atom is -0.493 e. The maximum atomic E-state index is 5.55. The summed E-state index contributed by atoms with van der Waals surface area (Å²) in [4.78, 5) is 0. The third kappa shape index (κ3) is 2.86. The van der Waals surface area contributed by atoms with E-state index in [0.717, 1.165) is 24.7 Å². The predicted octanol–water partition coefficient (Wildman–Crippen LogP) is 2.94. The Morgan fingerprint density at radius 2 is 2.28 bits per heavy atom. The molecule has 1 N–H and O–H groups in total. The minimum atomic E-state index is 0.866. The quantitative estimate of drug-likeness (QED) is 0.884. The van der Waals surface area contributed by atoms with E-state index in [0.29, 0.717) is 0 Å². The van der Waals surface area contributed by atoms with Gasteiger partial charge in [-0.2, -0.15) is 0 Å². The van der Waals surface area contributed by atoms with E-state index in [1.54, 1.807) is 0 Å². The van der Waals surface area contributed by atoms with E-state index in [4.69, 9.17) is 4.74 Å². The summed E-state index contributed by atoms with van der Waals surface area (Å²) in [5.41, 5.74) is 2.90. The summed E-state index contributed by atoms with van der Waals surface area (Å²) >= 11 is 0. The van der Waals surface area contributed by atoms with Gasteiger partial charge in [0.15, 0.2) is 0 Å². The van der Waals surface area contributed by atoms with Crippen LogP contribution in [0.25, 0.3) is 0 Å². The molecule has 1 unspecified atom stereocenters. The highest BCUT2D eigenvalue weighted by atomic mass is 16.5. The zero-order valence-electron chi connectivity index (χ0n) is 11.1. The van der Waals surface area contributed by atoms with Crippen molar-refractivity contribution >= 4 is 0 Å². The van der Waals surface area contributed by atoms with Crippen molar-refractivity contribution in [1.82, 2.24) is 5.32 Å². The van der Waals surface area contributed by atoms with E-state index in [9.17, 15) is 0 Å². The zero-order valence-corrected chi connectivity index (χ0v) is 11.1. The fourth-order valence-electron chi connectivity index (χ4n) is 3.10. The lowest BCUT2D eigenvalue weighted by Gasteiger charge is -2.14. The van der Waals surface area contributed by atoms with Crippen molar-refractivity contribution in [2.24, 2.45) is 5.92 Å². The molecule has 2 heterocycles. The van der Waals surface area contributed by atoms with Crippen LogP contribution in [0.4, 0.5) is 0 Å². The van der Waals surface area contributed by atoms with Gasteiger partial charge in [-0.25, -0.2) is 0 Å². The Kier molecular flexibility index (Phi) is 3.84.